The number of hydrogen-bond acceptors (Lipinski definition) is 5. The standard InChI is InChI=1S/C51H33N5O/c1-4-17-36(18-5-1)51(37-19-6-2-7-20-37,38-21-8-3-9-22-38)39-23-14-16-34(32-39)47-53-48(35-29-30-46-43(33-35)42-26-15-31-52-49(42)57-46)55-50(54-47)56-44-27-12-10-24-40(44)41-25-11-13-28-45(41)56/h1-33H. The minimum absolute atomic E-state index is 0.539. The Hall–Kier alpha value is -7.70. The van der Waals surface area contributed by atoms with Gasteiger partial charge in [-0.15, -0.1) is 0 Å². The molecular weight excluding hydrogens is 699 g/mol. The van der Waals surface area contributed by atoms with Crippen molar-refractivity contribution >= 4 is 43.9 Å². The lowest BCUT2D eigenvalue weighted by atomic mass is 9.65. The second-order valence-electron chi connectivity index (χ2n) is 14.3. The van der Waals surface area contributed by atoms with E-state index in [0.29, 0.717) is 23.3 Å². The van der Waals surface area contributed by atoms with Gasteiger partial charge in [-0.05, 0) is 70.8 Å². The number of para-hydroxylation sites is 2. The van der Waals surface area contributed by atoms with Gasteiger partial charge in [0.15, 0.2) is 11.6 Å². The number of nitrogens with zero attached hydrogens (tertiary/aromatic N) is 5. The SMILES string of the molecule is c1ccc(C(c2ccccc2)(c2ccccc2)c2cccc(-c3nc(-c4ccc5oc6ncccc6c5c4)nc(-n4c5ccccc5c5ccccc54)n3)c2)cc1. The Balaban J connectivity index is 1.18. The molecule has 6 heteroatoms. The van der Waals surface area contributed by atoms with E-state index in [1.807, 2.05) is 24.3 Å². The van der Waals surface area contributed by atoms with Crippen molar-refractivity contribution < 1.29 is 4.42 Å². The molecule has 0 bridgehead atoms. The minimum atomic E-state index is -0.632. The summed E-state index contributed by atoms with van der Waals surface area (Å²) in [7, 11) is 0. The molecule has 0 fully saturated rings. The molecule has 0 saturated carbocycles. The first kappa shape index (κ1) is 32.7. The van der Waals surface area contributed by atoms with Crippen LogP contribution >= 0.6 is 0 Å². The molecule has 0 aliphatic rings. The molecule has 0 aliphatic heterocycles. The van der Waals surface area contributed by atoms with Gasteiger partial charge in [-0.25, -0.2) is 9.97 Å². The van der Waals surface area contributed by atoms with Gasteiger partial charge in [0, 0.05) is 38.9 Å². The highest BCUT2D eigenvalue weighted by Gasteiger charge is 2.38. The fourth-order valence-electron chi connectivity index (χ4n) is 8.57. The molecule has 0 saturated heterocycles. The monoisotopic (exact) mass is 731 g/mol. The van der Waals surface area contributed by atoms with Gasteiger partial charge in [-0.2, -0.15) is 9.97 Å². The molecule has 7 aromatic carbocycles. The van der Waals surface area contributed by atoms with Crippen molar-refractivity contribution in [3.8, 4) is 28.7 Å². The third-order valence-corrected chi connectivity index (χ3v) is 11.1. The van der Waals surface area contributed by atoms with E-state index in [2.05, 4.69) is 179 Å². The van der Waals surface area contributed by atoms with Crippen molar-refractivity contribution in [3.05, 3.63) is 223 Å². The van der Waals surface area contributed by atoms with Gasteiger partial charge >= 0.3 is 0 Å². The van der Waals surface area contributed by atoms with Crippen molar-refractivity contribution in [2.24, 2.45) is 0 Å². The molecule has 0 aliphatic carbocycles. The Morgan fingerprint density at radius 1 is 0.404 bits per heavy atom. The highest BCUT2D eigenvalue weighted by Crippen LogP contribution is 2.46. The molecule has 0 radical (unpaired) electrons. The molecule has 11 aromatic rings. The van der Waals surface area contributed by atoms with Crippen LogP contribution in [-0.4, -0.2) is 24.5 Å². The average molecular weight is 732 g/mol. The normalized spacial score (nSPS) is 11.9. The largest absolute Gasteiger partial charge is 0.438 e. The quantitative estimate of drug-likeness (QED) is 0.153. The van der Waals surface area contributed by atoms with Crippen molar-refractivity contribution in [1.29, 1.82) is 0 Å². The van der Waals surface area contributed by atoms with Crippen LogP contribution in [0.4, 0.5) is 0 Å². The van der Waals surface area contributed by atoms with E-state index < -0.39 is 5.41 Å². The fraction of sp³-hybridized carbons (Fsp3) is 0.0196. The molecule has 57 heavy (non-hydrogen) atoms. The smallest absolute Gasteiger partial charge is 0.238 e. The second kappa shape index (κ2) is 13.3. The molecule has 268 valence electrons. The molecule has 0 N–H and O–H groups in total. The van der Waals surface area contributed by atoms with Gasteiger partial charge in [0.1, 0.15) is 5.58 Å². The number of pyridine rings is 1. The Kier molecular flexibility index (Phi) is 7.60. The predicted octanol–water partition coefficient (Wildman–Crippen LogP) is 12.0. The van der Waals surface area contributed by atoms with Crippen LogP contribution in [0, 0.1) is 0 Å². The van der Waals surface area contributed by atoms with Crippen molar-refractivity contribution in [3.63, 3.8) is 0 Å². The summed E-state index contributed by atoms with van der Waals surface area (Å²) in [5.41, 5.74) is 9.09. The Labute approximate surface area is 328 Å². The first-order valence-corrected chi connectivity index (χ1v) is 19.1. The highest BCUT2D eigenvalue weighted by atomic mass is 16.3. The topological polar surface area (TPSA) is 69.6 Å². The van der Waals surface area contributed by atoms with Crippen LogP contribution in [0.5, 0.6) is 0 Å². The summed E-state index contributed by atoms with van der Waals surface area (Å²) in [6.07, 6.45) is 1.75. The summed E-state index contributed by atoms with van der Waals surface area (Å²) in [6, 6.07) is 67.8. The maximum Gasteiger partial charge on any atom is 0.238 e. The van der Waals surface area contributed by atoms with Crippen LogP contribution in [0.1, 0.15) is 22.3 Å². The molecule has 0 spiro atoms. The molecule has 0 amide bonds. The number of aromatic nitrogens is 5. The van der Waals surface area contributed by atoms with E-state index in [-0.39, 0.29) is 0 Å². The Bertz CT molecular complexity index is 3090. The number of fused-ring (bicyclic) bond motifs is 6. The van der Waals surface area contributed by atoms with Crippen molar-refractivity contribution in [2.75, 3.05) is 0 Å². The van der Waals surface area contributed by atoms with Gasteiger partial charge in [0.2, 0.25) is 11.7 Å². The van der Waals surface area contributed by atoms with E-state index >= 15 is 0 Å². The summed E-state index contributed by atoms with van der Waals surface area (Å²) in [5.74, 6) is 1.67. The third kappa shape index (κ3) is 5.26. The highest BCUT2D eigenvalue weighted by molar-refractivity contribution is 6.09. The third-order valence-electron chi connectivity index (χ3n) is 11.1. The van der Waals surface area contributed by atoms with Crippen LogP contribution in [-0.2, 0) is 5.41 Å². The van der Waals surface area contributed by atoms with Crippen LogP contribution in [0.3, 0.4) is 0 Å². The van der Waals surface area contributed by atoms with Crippen LogP contribution < -0.4 is 0 Å². The van der Waals surface area contributed by atoms with Crippen LogP contribution in [0.25, 0.3) is 72.6 Å². The first-order valence-electron chi connectivity index (χ1n) is 19.1. The van der Waals surface area contributed by atoms with Gasteiger partial charge in [0.25, 0.3) is 0 Å². The molecule has 4 aromatic heterocycles. The van der Waals surface area contributed by atoms with Gasteiger partial charge in [0.05, 0.1) is 16.4 Å². The van der Waals surface area contributed by atoms with Crippen LogP contribution in [0.2, 0.25) is 0 Å². The van der Waals surface area contributed by atoms with Crippen molar-refractivity contribution in [2.45, 2.75) is 5.41 Å². The summed E-state index contributed by atoms with van der Waals surface area (Å²) in [4.78, 5) is 20.3. The second-order valence-corrected chi connectivity index (χ2v) is 14.3. The maximum atomic E-state index is 6.10. The number of rotatable bonds is 7. The van der Waals surface area contributed by atoms with Gasteiger partial charge < -0.3 is 4.42 Å². The molecule has 0 atom stereocenters. The zero-order valence-electron chi connectivity index (χ0n) is 30.7. The van der Waals surface area contributed by atoms with Gasteiger partial charge in [-0.3, -0.25) is 4.57 Å². The molecule has 11 rings (SSSR count). The lowest BCUT2D eigenvalue weighted by Crippen LogP contribution is -2.31. The lowest BCUT2D eigenvalue weighted by molar-refractivity contribution is 0.654. The zero-order valence-corrected chi connectivity index (χ0v) is 30.7. The summed E-state index contributed by atoms with van der Waals surface area (Å²) in [5, 5.41) is 4.17. The van der Waals surface area contributed by atoms with E-state index in [0.717, 1.165) is 71.5 Å². The van der Waals surface area contributed by atoms with E-state index in [4.69, 9.17) is 19.4 Å². The zero-order chi connectivity index (χ0) is 37.8. The molecule has 0 unspecified atom stereocenters. The van der Waals surface area contributed by atoms with E-state index in [1.54, 1.807) is 6.20 Å². The molecule has 6 nitrogen and oxygen atoms in total. The van der Waals surface area contributed by atoms with Crippen LogP contribution in [0.15, 0.2) is 205 Å². The lowest BCUT2D eigenvalue weighted by Gasteiger charge is -2.37. The number of hydrogen-bond donors (Lipinski definition) is 0. The molecular formula is C51H33N5O. The summed E-state index contributed by atoms with van der Waals surface area (Å²) < 4.78 is 8.26. The summed E-state index contributed by atoms with van der Waals surface area (Å²) in [6.45, 7) is 0. The minimum Gasteiger partial charge on any atom is -0.438 e. The fourth-order valence-corrected chi connectivity index (χ4v) is 8.57. The molecule has 4 heterocycles. The first-order chi connectivity index (χ1) is 28.3. The summed E-state index contributed by atoms with van der Waals surface area (Å²) >= 11 is 0. The maximum absolute atomic E-state index is 6.10. The van der Waals surface area contributed by atoms with E-state index in [1.165, 1.54) is 0 Å². The number of furan rings is 1. The Morgan fingerprint density at radius 3 is 1.54 bits per heavy atom. The Morgan fingerprint density at radius 2 is 0.930 bits per heavy atom. The number of benzene rings is 7. The van der Waals surface area contributed by atoms with Crippen molar-refractivity contribution in [1.82, 2.24) is 24.5 Å². The predicted molar refractivity (Wildman–Crippen MR) is 228 cm³/mol. The van der Waals surface area contributed by atoms with E-state index in [9.17, 15) is 0 Å². The average Bonchev–Trinajstić information content (AvgIpc) is 3.83. The van der Waals surface area contributed by atoms with Gasteiger partial charge in [-0.1, -0.05) is 146 Å².